The van der Waals surface area contributed by atoms with E-state index in [4.69, 9.17) is 10.4 Å². The molecule has 0 spiro atoms. The highest BCUT2D eigenvalue weighted by atomic mass is 16.4. The Hall–Kier alpha value is -2.80. The zero-order chi connectivity index (χ0) is 13.0. The molecule has 0 aliphatic carbocycles. The van der Waals surface area contributed by atoms with Gasteiger partial charge in [-0.3, -0.25) is 5.32 Å². The molecule has 0 bridgehead atoms. The molecule has 2 N–H and O–H groups in total. The standard InChI is InChI=1S/C14H10N2O2/c15-9-11-7-4-8-12(13(11)16-14(17)18)10-5-2-1-3-6-10/h1-8,16H,(H,17,18). The Kier molecular flexibility index (Phi) is 3.26. The van der Waals surface area contributed by atoms with Crippen molar-refractivity contribution in [3.05, 3.63) is 54.1 Å². The molecule has 2 rings (SSSR count). The Labute approximate surface area is 104 Å². The van der Waals surface area contributed by atoms with E-state index in [9.17, 15) is 4.79 Å². The average molecular weight is 238 g/mol. The highest BCUT2D eigenvalue weighted by Crippen LogP contribution is 2.30. The van der Waals surface area contributed by atoms with Crippen molar-refractivity contribution in [2.75, 3.05) is 5.32 Å². The van der Waals surface area contributed by atoms with Crippen molar-refractivity contribution in [1.29, 1.82) is 5.26 Å². The molecule has 0 fully saturated rings. The molecule has 1 amide bonds. The average Bonchev–Trinajstić information content (AvgIpc) is 2.39. The van der Waals surface area contributed by atoms with Crippen LogP contribution < -0.4 is 5.32 Å². The largest absolute Gasteiger partial charge is 0.465 e. The van der Waals surface area contributed by atoms with Gasteiger partial charge in [-0.2, -0.15) is 5.26 Å². The number of carboxylic acid groups (broad SMARTS) is 1. The maximum Gasteiger partial charge on any atom is 0.409 e. The Morgan fingerprint density at radius 1 is 1.11 bits per heavy atom. The molecule has 0 aliphatic heterocycles. The number of nitriles is 1. The second-order valence-corrected chi connectivity index (χ2v) is 3.64. The van der Waals surface area contributed by atoms with Gasteiger partial charge in [0.05, 0.1) is 11.3 Å². The summed E-state index contributed by atoms with van der Waals surface area (Å²) in [5.74, 6) is 0. The smallest absolute Gasteiger partial charge is 0.409 e. The molecule has 0 unspecified atom stereocenters. The molecule has 2 aromatic carbocycles. The second kappa shape index (κ2) is 5.02. The molecule has 0 radical (unpaired) electrons. The topological polar surface area (TPSA) is 73.1 Å². The molecular weight excluding hydrogens is 228 g/mol. The van der Waals surface area contributed by atoms with Crippen LogP contribution in [0.3, 0.4) is 0 Å². The lowest BCUT2D eigenvalue weighted by Crippen LogP contribution is -2.09. The van der Waals surface area contributed by atoms with Crippen LogP contribution in [0.4, 0.5) is 10.5 Å². The third kappa shape index (κ3) is 2.30. The van der Waals surface area contributed by atoms with Crippen LogP contribution in [0.15, 0.2) is 48.5 Å². The van der Waals surface area contributed by atoms with E-state index >= 15 is 0 Å². The molecule has 0 heterocycles. The summed E-state index contributed by atoms with van der Waals surface area (Å²) < 4.78 is 0. The maximum atomic E-state index is 10.8. The summed E-state index contributed by atoms with van der Waals surface area (Å²) in [7, 11) is 0. The first kappa shape index (κ1) is 11.7. The first-order valence-corrected chi connectivity index (χ1v) is 5.31. The number of amides is 1. The lowest BCUT2D eigenvalue weighted by Gasteiger charge is -2.10. The Morgan fingerprint density at radius 2 is 1.83 bits per heavy atom. The van der Waals surface area contributed by atoms with Crippen molar-refractivity contribution in [3.63, 3.8) is 0 Å². The van der Waals surface area contributed by atoms with E-state index in [0.717, 1.165) is 5.56 Å². The predicted octanol–water partition coefficient (Wildman–Crippen LogP) is 3.32. The summed E-state index contributed by atoms with van der Waals surface area (Å²) in [6.45, 7) is 0. The van der Waals surface area contributed by atoms with Crippen LogP contribution in [0, 0.1) is 11.3 Å². The molecule has 0 aromatic heterocycles. The first-order chi connectivity index (χ1) is 8.72. The van der Waals surface area contributed by atoms with Gasteiger partial charge < -0.3 is 5.11 Å². The van der Waals surface area contributed by atoms with Crippen LogP contribution >= 0.6 is 0 Å². The van der Waals surface area contributed by atoms with Crippen molar-refractivity contribution in [2.24, 2.45) is 0 Å². The van der Waals surface area contributed by atoms with Crippen LogP contribution in [0.5, 0.6) is 0 Å². The van der Waals surface area contributed by atoms with Gasteiger partial charge in [0.25, 0.3) is 0 Å². The maximum absolute atomic E-state index is 10.8. The number of benzene rings is 2. The third-order valence-corrected chi connectivity index (χ3v) is 2.50. The van der Waals surface area contributed by atoms with Gasteiger partial charge >= 0.3 is 6.09 Å². The fraction of sp³-hybridized carbons (Fsp3) is 0. The van der Waals surface area contributed by atoms with Crippen molar-refractivity contribution < 1.29 is 9.90 Å². The van der Waals surface area contributed by atoms with Crippen molar-refractivity contribution in [1.82, 2.24) is 0 Å². The molecule has 0 atom stereocenters. The van der Waals surface area contributed by atoms with Gasteiger partial charge in [-0.1, -0.05) is 42.5 Å². The SMILES string of the molecule is N#Cc1cccc(-c2ccccc2)c1NC(=O)O. The molecule has 4 nitrogen and oxygen atoms in total. The number of anilines is 1. The van der Waals surface area contributed by atoms with Crippen molar-refractivity contribution in [3.8, 4) is 17.2 Å². The number of hydrogen-bond donors (Lipinski definition) is 2. The van der Waals surface area contributed by atoms with Crippen LogP contribution in [-0.2, 0) is 0 Å². The minimum absolute atomic E-state index is 0.304. The lowest BCUT2D eigenvalue weighted by molar-refractivity contribution is 0.210. The fourth-order valence-electron chi connectivity index (χ4n) is 1.75. The molecule has 88 valence electrons. The number of para-hydroxylation sites is 1. The van der Waals surface area contributed by atoms with E-state index < -0.39 is 6.09 Å². The molecule has 0 saturated heterocycles. The molecule has 0 aliphatic rings. The summed E-state index contributed by atoms with van der Waals surface area (Å²) in [4.78, 5) is 10.8. The predicted molar refractivity (Wildman–Crippen MR) is 68.2 cm³/mol. The highest BCUT2D eigenvalue weighted by molar-refractivity contribution is 5.93. The van der Waals surface area contributed by atoms with Crippen molar-refractivity contribution >= 4 is 11.8 Å². The van der Waals surface area contributed by atoms with Crippen LogP contribution in [0.2, 0.25) is 0 Å². The Morgan fingerprint density at radius 3 is 2.44 bits per heavy atom. The summed E-state index contributed by atoms with van der Waals surface area (Å²) in [6.07, 6.45) is -1.19. The van der Waals surface area contributed by atoms with Gasteiger partial charge in [-0.25, -0.2) is 4.79 Å². The summed E-state index contributed by atoms with van der Waals surface area (Å²) in [5, 5.41) is 20.1. The molecule has 18 heavy (non-hydrogen) atoms. The first-order valence-electron chi connectivity index (χ1n) is 5.31. The zero-order valence-electron chi connectivity index (χ0n) is 9.42. The van der Waals surface area contributed by atoms with E-state index in [1.807, 2.05) is 36.4 Å². The van der Waals surface area contributed by atoms with Gasteiger partial charge in [0.1, 0.15) is 6.07 Å². The normalized spacial score (nSPS) is 9.50. The fourth-order valence-corrected chi connectivity index (χ4v) is 1.75. The Bertz CT molecular complexity index is 615. The van der Waals surface area contributed by atoms with Crippen LogP contribution in [0.1, 0.15) is 5.56 Å². The molecule has 0 saturated carbocycles. The molecule has 2 aromatic rings. The minimum atomic E-state index is -1.19. The highest BCUT2D eigenvalue weighted by Gasteiger charge is 2.11. The zero-order valence-corrected chi connectivity index (χ0v) is 9.42. The summed E-state index contributed by atoms with van der Waals surface area (Å²) in [6, 6.07) is 16.4. The van der Waals surface area contributed by atoms with E-state index in [2.05, 4.69) is 5.32 Å². The third-order valence-electron chi connectivity index (χ3n) is 2.50. The van der Waals surface area contributed by atoms with E-state index in [1.165, 1.54) is 0 Å². The second-order valence-electron chi connectivity index (χ2n) is 3.64. The molecule has 4 heteroatoms. The van der Waals surface area contributed by atoms with E-state index in [0.29, 0.717) is 16.8 Å². The minimum Gasteiger partial charge on any atom is -0.465 e. The number of carbonyl (C=O) groups is 1. The monoisotopic (exact) mass is 238 g/mol. The van der Waals surface area contributed by atoms with Gasteiger partial charge in [0, 0.05) is 5.56 Å². The number of nitrogens with zero attached hydrogens (tertiary/aromatic N) is 1. The Balaban J connectivity index is 2.60. The van der Waals surface area contributed by atoms with E-state index in [-0.39, 0.29) is 0 Å². The van der Waals surface area contributed by atoms with Gasteiger partial charge in [0.15, 0.2) is 0 Å². The summed E-state index contributed by atoms with van der Waals surface area (Å²) >= 11 is 0. The van der Waals surface area contributed by atoms with Crippen molar-refractivity contribution in [2.45, 2.75) is 0 Å². The number of nitrogens with one attached hydrogen (secondary N) is 1. The molecular formula is C14H10N2O2. The van der Waals surface area contributed by atoms with E-state index in [1.54, 1.807) is 18.2 Å². The van der Waals surface area contributed by atoms with Crippen LogP contribution in [-0.4, -0.2) is 11.2 Å². The quantitative estimate of drug-likeness (QED) is 0.842. The number of hydrogen-bond acceptors (Lipinski definition) is 2. The summed E-state index contributed by atoms with van der Waals surface area (Å²) in [5.41, 5.74) is 2.17. The van der Waals surface area contributed by atoms with Crippen LogP contribution in [0.25, 0.3) is 11.1 Å². The van der Waals surface area contributed by atoms with Gasteiger partial charge in [-0.05, 0) is 11.6 Å². The van der Waals surface area contributed by atoms with Gasteiger partial charge in [-0.15, -0.1) is 0 Å². The lowest BCUT2D eigenvalue weighted by atomic mass is 10.0. The van der Waals surface area contributed by atoms with Gasteiger partial charge in [0.2, 0.25) is 0 Å². The number of rotatable bonds is 2.